The fourth-order valence-corrected chi connectivity index (χ4v) is 0.391. The molecule has 0 aliphatic rings. The molecule has 0 saturated carbocycles. The summed E-state index contributed by atoms with van der Waals surface area (Å²) in [7, 11) is 0. The highest BCUT2D eigenvalue weighted by atomic mass is 35.5. The van der Waals surface area contributed by atoms with Gasteiger partial charge in [-0.05, 0) is 6.92 Å². The summed E-state index contributed by atoms with van der Waals surface area (Å²) >= 11 is 5.23. The van der Waals surface area contributed by atoms with E-state index in [1.54, 1.807) is 6.92 Å². The van der Waals surface area contributed by atoms with Gasteiger partial charge in [-0.3, -0.25) is 0 Å². The molecule has 0 heterocycles. The number of rotatable bonds is 2. The summed E-state index contributed by atoms with van der Waals surface area (Å²) in [6.45, 7) is 2.27. The van der Waals surface area contributed by atoms with Gasteiger partial charge >= 0.3 is 0 Å². The molecular formula is C4H8ClNO2. The molecule has 3 nitrogen and oxygen atoms in total. The maximum Gasteiger partial charge on any atom is 0.240 e. The molecule has 0 aliphatic carbocycles. The Labute approximate surface area is 52.9 Å². The van der Waals surface area contributed by atoms with E-state index in [1.807, 2.05) is 0 Å². The molecule has 0 atom stereocenters. The summed E-state index contributed by atoms with van der Waals surface area (Å²) in [6.07, 6.45) is 0. The predicted molar refractivity (Wildman–Crippen MR) is 31.6 cm³/mol. The Morgan fingerprint density at radius 1 is 1.88 bits per heavy atom. The number of hydrogen-bond acceptors (Lipinski definition) is 3. The van der Waals surface area contributed by atoms with Crippen LogP contribution in [-0.4, -0.2) is 23.6 Å². The van der Waals surface area contributed by atoms with E-state index in [1.165, 1.54) is 0 Å². The minimum absolute atomic E-state index is 0.115. The lowest BCUT2D eigenvalue weighted by Gasteiger charge is -1.97. The van der Waals surface area contributed by atoms with Gasteiger partial charge in [0.05, 0.1) is 6.61 Å². The first-order valence-corrected chi connectivity index (χ1v) is 2.78. The highest BCUT2D eigenvalue weighted by Crippen LogP contribution is 1.84. The summed E-state index contributed by atoms with van der Waals surface area (Å²) in [6, 6.07) is 0. The topological polar surface area (TPSA) is 41.8 Å². The first-order chi connectivity index (χ1) is 3.85. The molecule has 0 bridgehead atoms. The van der Waals surface area contributed by atoms with Crippen LogP contribution in [-0.2, 0) is 4.74 Å². The quantitative estimate of drug-likeness (QED) is 0.203. The SMILES string of the molecule is CCO/C(CCl)=N\O. The zero-order valence-corrected chi connectivity index (χ0v) is 5.35. The Hall–Kier alpha value is -0.440. The van der Waals surface area contributed by atoms with E-state index in [0.29, 0.717) is 6.61 Å². The second-order valence-electron chi connectivity index (χ2n) is 1.06. The molecule has 4 heteroatoms. The van der Waals surface area contributed by atoms with Crippen LogP contribution in [0.5, 0.6) is 0 Å². The highest BCUT2D eigenvalue weighted by Gasteiger charge is 1.93. The van der Waals surface area contributed by atoms with Gasteiger partial charge in [-0.1, -0.05) is 5.16 Å². The van der Waals surface area contributed by atoms with Crippen LogP contribution in [0, 0.1) is 0 Å². The molecule has 0 radical (unpaired) electrons. The van der Waals surface area contributed by atoms with Gasteiger partial charge in [0.25, 0.3) is 0 Å². The molecule has 0 aromatic carbocycles. The van der Waals surface area contributed by atoms with E-state index in [4.69, 9.17) is 21.5 Å². The largest absolute Gasteiger partial charge is 0.478 e. The van der Waals surface area contributed by atoms with Gasteiger partial charge in [-0.15, -0.1) is 11.6 Å². The standard InChI is InChI=1S/C4H8ClNO2/c1-2-8-4(3-5)6-7/h7H,2-3H2,1H3/b6-4-. The third kappa shape index (κ3) is 2.69. The van der Waals surface area contributed by atoms with Crippen LogP contribution in [0.4, 0.5) is 0 Å². The Balaban J connectivity index is 3.38. The maximum atomic E-state index is 8.04. The van der Waals surface area contributed by atoms with Gasteiger partial charge in [0, 0.05) is 0 Å². The van der Waals surface area contributed by atoms with Crippen molar-refractivity contribution >= 4 is 17.5 Å². The smallest absolute Gasteiger partial charge is 0.240 e. The molecular weight excluding hydrogens is 130 g/mol. The molecule has 0 spiro atoms. The van der Waals surface area contributed by atoms with E-state index in [-0.39, 0.29) is 11.8 Å². The second kappa shape index (κ2) is 4.71. The Kier molecular flexibility index (Phi) is 4.45. The average molecular weight is 138 g/mol. The van der Waals surface area contributed by atoms with Crippen molar-refractivity contribution in [1.82, 2.24) is 0 Å². The number of oxime groups is 1. The Morgan fingerprint density at radius 3 is 2.62 bits per heavy atom. The van der Waals surface area contributed by atoms with Gasteiger partial charge in [-0.2, -0.15) is 0 Å². The molecule has 0 aliphatic heterocycles. The molecule has 1 N–H and O–H groups in total. The van der Waals surface area contributed by atoms with E-state index in [0.717, 1.165) is 0 Å². The average Bonchev–Trinajstić information content (AvgIpc) is 1.83. The fourth-order valence-electron chi connectivity index (χ4n) is 0.261. The zero-order valence-electron chi connectivity index (χ0n) is 4.59. The van der Waals surface area contributed by atoms with Gasteiger partial charge < -0.3 is 9.94 Å². The maximum absolute atomic E-state index is 8.04. The van der Waals surface area contributed by atoms with Crippen molar-refractivity contribution in [3.63, 3.8) is 0 Å². The van der Waals surface area contributed by atoms with Crippen LogP contribution in [0.3, 0.4) is 0 Å². The van der Waals surface area contributed by atoms with Crippen molar-refractivity contribution in [2.24, 2.45) is 5.16 Å². The number of hydrogen-bond donors (Lipinski definition) is 1. The van der Waals surface area contributed by atoms with Crippen molar-refractivity contribution in [1.29, 1.82) is 0 Å². The first-order valence-electron chi connectivity index (χ1n) is 2.24. The third-order valence-corrected chi connectivity index (χ3v) is 0.765. The number of ether oxygens (including phenoxy) is 1. The summed E-state index contributed by atoms with van der Waals surface area (Å²) in [5, 5.41) is 10.8. The Morgan fingerprint density at radius 2 is 2.50 bits per heavy atom. The fraction of sp³-hybridized carbons (Fsp3) is 0.750. The lowest BCUT2D eigenvalue weighted by molar-refractivity contribution is 0.263. The molecule has 0 rings (SSSR count). The van der Waals surface area contributed by atoms with Crippen molar-refractivity contribution in [3.05, 3.63) is 0 Å². The van der Waals surface area contributed by atoms with E-state index < -0.39 is 0 Å². The van der Waals surface area contributed by atoms with Crippen molar-refractivity contribution in [3.8, 4) is 0 Å². The zero-order chi connectivity index (χ0) is 6.41. The van der Waals surface area contributed by atoms with Gasteiger partial charge in [0.1, 0.15) is 5.88 Å². The molecule has 0 saturated heterocycles. The minimum atomic E-state index is 0.115. The summed E-state index contributed by atoms with van der Waals surface area (Å²) in [5.74, 6) is 0.277. The van der Waals surface area contributed by atoms with Crippen LogP contribution in [0.15, 0.2) is 5.16 Å². The molecule has 0 aromatic rings. The second-order valence-corrected chi connectivity index (χ2v) is 1.33. The third-order valence-electron chi connectivity index (χ3n) is 0.537. The normalized spacial score (nSPS) is 11.5. The summed E-state index contributed by atoms with van der Waals surface area (Å²) in [4.78, 5) is 0. The van der Waals surface area contributed by atoms with E-state index in [2.05, 4.69) is 5.16 Å². The molecule has 0 fully saturated rings. The van der Waals surface area contributed by atoms with Crippen LogP contribution in [0.1, 0.15) is 6.92 Å². The first kappa shape index (κ1) is 7.56. The molecule has 0 amide bonds. The summed E-state index contributed by atoms with van der Waals surface area (Å²) in [5.41, 5.74) is 0. The summed E-state index contributed by atoms with van der Waals surface area (Å²) < 4.78 is 4.71. The van der Waals surface area contributed by atoms with Crippen LogP contribution in [0.25, 0.3) is 0 Å². The molecule has 8 heavy (non-hydrogen) atoms. The van der Waals surface area contributed by atoms with Crippen LogP contribution >= 0.6 is 11.6 Å². The van der Waals surface area contributed by atoms with Gasteiger partial charge in [0.15, 0.2) is 0 Å². The van der Waals surface area contributed by atoms with E-state index >= 15 is 0 Å². The Bertz CT molecular complexity index is 84.1. The van der Waals surface area contributed by atoms with Crippen molar-refractivity contribution in [2.45, 2.75) is 6.92 Å². The van der Waals surface area contributed by atoms with Crippen molar-refractivity contribution < 1.29 is 9.94 Å². The van der Waals surface area contributed by atoms with Gasteiger partial charge in [-0.25, -0.2) is 0 Å². The van der Waals surface area contributed by atoms with Crippen LogP contribution in [0.2, 0.25) is 0 Å². The molecule has 0 unspecified atom stereocenters. The highest BCUT2D eigenvalue weighted by molar-refractivity contribution is 6.27. The monoisotopic (exact) mass is 137 g/mol. The van der Waals surface area contributed by atoms with Crippen LogP contribution < -0.4 is 0 Å². The number of alkyl halides is 1. The number of nitrogens with zero attached hydrogens (tertiary/aromatic N) is 1. The lowest BCUT2D eigenvalue weighted by atomic mass is 10.7. The number of halogens is 1. The molecule has 0 aromatic heterocycles. The molecule has 48 valence electrons. The lowest BCUT2D eigenvalue weighted by Crippen LogP contribution is -2.05. The minimum Gasteiger partial charge on any atom is -0.478 e. The van der Waals surface area contributed by atoms with E-state index in [9.17, 15) is 0 Å². The van der Waals surface area contributed by atoms with Crippen molar-refractivity contribution in [2.75, 3.05) is 12.5 Å². The van der Waals surface area contributed by atoms with Gasteiger partial charge in [0.2, 0.25) is 5.90 Å². The predicted octanol–water partition coefficient (Wildman–Crippen LogP) is 1.05.